The fraction of sp³-hybridized carbons (Fsp3) is 0.429. The van der Waals surface area contributed by atoms with E-state index in [-0.39, 0.29) is 0 Å². The van der Waals surface area contributed by atoms with Crippen LogP contribution in [0.15, 0.2) is 48.5 Å². The van der Waals surface area contributed by atoms with Gasteiger partial charge in [0.2, 0.25) is 0 Å². The van der Waals surface area contributed by atoms with Crippen molar-refractivity contribution in [3.05, 3.63) is 48.5 Å². The predicted octanol–water partition coefficient (Wildman–Crippen LogP) is 5.03. The van der Waals surface area contributed by atoms with E-state index < -0.39 is 0 Å². The highest BCUT2D eigenvalue weighted by Crippen LogP contribution is 2.19. The van der Waals surface area contributed by atoms with Crippen LogP contribution >= 0.6 is 0 Å². The molecule has 0 fully saturated rings. The molecule has 0 aromatic heterocycles. The predicted molar refractivity (Wildman–Crippen MR) is 106 cm³/mol. The fourth-order valence-corrected chi connectivity index (χ4v) is 2.29. The van der Waals surface area contributed by atoms with Crippen molar-refractivity contribution in [2.24, 2.45) is 5.92 Å². The molecule has 2 N–H and O–H groups in total. The third-order valence-electron chi connectivity index (χ3n) is 3.51. The lowest BCUT2D eigenvalue weighted by Gasteiger charge is -2.12. The Morgan fingerprint density at radius 2 is 1.40 bits per heavy atom. The largest absolute Gasteiger partial charge is 0.494 e. The Morgan fingerprint density at radius 3 is 1.92 bits per heavy atom. The van der Waals surface area contributed by atoms with E-state index in [9.17, 15) is 0 Å². The van der Waals surface area contributed by atoms with Crippen molar-refractivity contribution < 1.29 is 9.47 Å². The van der Waals surface area contributed by atoms with Gasteiger partial charge in [-0.15, -0.1) is 0 Å². The first-order chi connectivity index (χ1) is 12.2. The number of hydrogen-bond acceptors (Lipinski definition) is 4. The molecule has 0 bridgehead atoms. The first-order valence-corrected chi connectivity index (χ1v) is 9.11. The Labute approximate surface area is 151 Å². The maximum Gasteiger partial charge on any atom is 0.121 e. The molecule has 25 heavy (non-hydrogen) atoms. The molecule has 4 heteroatoms. The van der Waals surface area contributed by atoms with Crippen molar-refractivity contribution in [2.75, 3.05) is 36.9 Å². The van der Waals surface area contributed by atoms with Gasteiger partial charge in [-0.2, -0.15) is 0 Å². The van der Waals surface area contributed by atoms with Crippen LogP contribution in [0, 0.1) is 5.92 Å². The lowest BCUT2D eigenvalue weighted by atomic mass is 10.2. The van der Waals surface area contributed by atoms with Crippen LogP contribution in [-0.4, -0.2) is 26.3 Å². The number of ether oxygens (including phenoxy) is 2. The molecule has 4 nitrogen and oxygen atoms in total. The van der Waals surface area contributed by atoms with E-state index in [1.165, 1.54) is 0 Å². The molecule has 2 aromatic carbocycles. The van der Waals surface area contributed by atoms with Crippen LogP contribution in [0.4, 0.5) is 11.4 Å². The van der Waals surface area contributed by atoms with Crippen LogP contribution in [0.3, 0.4) is 0 Å². The van der Waals surface area contributed by atoms with Crippen LogP contribution in [0.2, 0.25) is 0 Å². The minimum atomic E-state index is 0.526. The van der Waals surface area contributed by atoms with Crippen molar-refractivity contribution in [3.8, 4) is 11.5 Å². The first-order valence-electron chi connectivity index (χ1n) is 9.11. The summed E-state index contributed by atoms with van der Waals surface area (Å²) in [7, 11) is 0. The molecule has 0 saturated carbocycles. The van der Waals surface area contributed by atoms with Gasteiger partial charge in [0.25, 0.3) is 0 Å². The third-order valence-corrected chi connectivity index (χ3v) is 3.51. The molecule has 0 unspecified atom stereocenters. The molecule has 0 aliphatic rings. The highest BCUT2D eigenvalue weighted by molar-refractivity contribution is 5.50. The molecule has 0 aliphatic carbocycles. The molecule has 2 aromatic rings. The highest BCUT2D eigenvalue weighted by Gasteiger charge is 2.00. The van der Waals surface area contributed by atoms with Crippen molar-refractivity contribution >= 4 is 11.4 Å². The van der Waals surface area contributed by atoms with Crippen LogP contribution in [-0.2, 0) is 0 Å². The monoisotopic (exact) mass is 342 g/mol. The standard InChI is InChI=1S/C21H30N2O2/c1-4-13-24-20-9-5-7-18(14-20)22-11-12-23-19-8-6-10-21(15-19)25-16-17(2)3/h5-10,14-15,17,22-23H,4,11-13,16H2,1-3H3. The van der Waals surface area contributed by atoms with E-state index in [4.69, 9.17) is 9.47 Å². The minimum Gasteiger partial charge on any atom is -0.494 e. The maximum atomic E-state index is 5.76. The molecule has 0 heterocycles. The van der Waals surface area contributed by atoms with Crippen molar-refractivity contribution in [1.82, 2.24) is 0 Å². The summed E-state index contributed by atoms with van der Waals surface area (Å²) in [6.07, 6.45) is 1.02. The van der Waals surface area contributed by atoms with Gasteiger partial charge in [-0.05, 0) is 36.6 Å². The number of hydrogen-bond donors (Lipinski definition) is 2. The molecule has 0 aliphatic heterocycles. The summed E-state index contributed by atoms with van der Waals surface area (Å²) in [5.41, 5.74) is 2.15. The van der Waals surface area contributed by atoms with E-state index in [2.05, 4.69) is 43.5 Å². The summed E-state index contributed by atoms with van der Waals surface area (Å²) >= 11 is 0. The van der Waals surface area contributed by atoms with Gasteiger partial charge < -0.3 is 20.1 Å². The summed E-state index contributed by atoms with van der Waals surface area (Å²) in [5, 5.41) is 6.83. The van der Waals surface area contributed by atoms with Crippen LogP contribution in [0.1, 0.15) is 27.2 Å². The molecule has 0 spiro atoms. The van der Waals surface area contributed by atoms with Gasteiger partial charge in [-0.25, -0.2) is 0 Å². The minimum absolute atomic E-state index is 0.526. The number of nitrogens with one attached hydrogen (secondary N) is 2. The zero-order valence-corrected chi connectivity index (χ0v) is 15.5. The normalized spacial score (nSPS) is 10.6. The number of benzene rings is 2. The Kier molecular flexibility index (Phi) is 7.96. The lowest BCUT2D eigenvalue weighted by molar-refractivity contribution is 0.271. The maximum absolute atomic E-state index is 5.76. The van der Waals surface area contributed by atoms with Crippen LogP contribution in [0.5, 0.6) is 11.5 Å². The van der Waals surface area contributed by atoms with Gasteiger partial charge >= 0.3 is 0 Å². The quantitative estimate of drug-likeness (QED) is 0.562. The average molecular weight is 342 g/mol. The van der Waals surface area contributed by atoms with Gasteiger partial charge in [0.05, 0.1) is 13.2 Å². The van der Waals surface area contributed by atoms with Gasteiger partial charge in [0.1, 0.15) is 11.5 Å². The fourth-order valence-electron chi connectivity index (χ4n) is 2.29. The second-order valence-electron chi connectivity index (χ2n) is 6.46. The average Bonchev–Trinajstić information content (AvgIpc) is 2.62. The molecule has 0 saturated heterocycles. The van der Waals surface area contributed by atoms with Crippen LogP contribution < -0.4 is 20.1 Å². The summed E-state index contributed by atoms with van der Waals surface area (Å²) in [5.74, 6) is 2.35. The number of rotatable bonds is 11. The van der Waals surface area contributed by atoms with E-state index in [0.29, 0.717) is 5.92 Å². The lowest BCUT2D eigenvalue weighted by Crippen LogP contribution is -2.13. The van der Waals surface area contributed by atoms with Crippen molar-refractivity contribution in [1.29, 1.82) is 0 Å². The Hall–Kier alpha value is -2.36. The van der Waals surface area contributed by atoms with Crippen LogP contribution in [0.25, 0.3) is 0 Å². The third kappa shape index (κ3) is 7.38. The van der Waals surface area contributed by atoms with Crippen molar-refractivity contribution in [2.45, 2.75) is 27.2 Å². The smallest absolute Gasteiger partial charge is 0.121 e. The molecular formula is C21H30N2O2. The van der Waals surface area contributed by atoms with E-state index in [1.807, 2.05) is 36.4 Å². The molecule has 0 amide bonds. The second kappa shape index (κ2) is 10.5. The molecule has 136 valence electrons. The Morgan fingerprint density at radius 1 is 0.840 bits per heavy atom. The van der Waals surface area contributed by atoms with E-state index in [0.717, 1.165) is 55.6 Å². The van der Waals surface area contributed by atoms with Gasteiger partial charge in [-0.3, -0.25) is 0 Å². The zero-order chi connectivity index (χ0) is 17.9. The Balaban J connectivity index is 1.74. The van der Waals surface area contributed by atoms with Gasteiger partial charge in [0, 0.05) is 36.6 Å². The van der Waals surface area contributed by atoms with E-state index in [1.54, 1.807) is 0 Å². The number of anilines is 2. The van der Waals surface area contributed by atoms with Crippen molar-refractivity contribution in [3.63, 3.8) is 0 Å². The second-order valence-corrected chi connectivity index (χ2v) is 6.46. The first kappa shape index (κ1) is 19.0. The highest BCUT2D eigenvalue weighted by atomic mass is 16.5. The summed E-state index contributed by atoms with van der Waals surface area (Å²) in [4.78, 5) is 0. The zero-order valence-electron chi connectivity index (χ0n) is 15.5. The molecular weight excluding hydrogens is 312 g/mol. The summed E-state index contributed by atoms with van der Waals surface area (Å²) < 4.78 is 11.4. The Bertz CT molecular complexity index is 629. The summed E-state index contributed by atoms with van der Waals surface area (Å²) in [6.45, 7) is 9.55. The topological polar surface area (TPSA) is 42.5 Å². The summed E-state index contributed by atoms with van der Waals surface area (Å²) in [6, 6.07) is 16.2. The van der Waals surface area contributed by atoms with Gasteiger partial charge in [-0.1, -0.05) is 32.9 Å². The van der Waals surface area contributed by atoms with E-state index >= 15 is 0 Å². The molecule has 0 radical (unpaired) electrons. The van der Waals surface area contributed by atoms with Gasteiger partial charge in [0.15, 0.2) is 0 Å². The molecule has 2 rings (SSSR count). The molecule has 0 atom stereocenters. The SMILES string of the molecule is CCCOc1cccc(NCCNc2cccc(OCC(C)C)c2)c1.